The highest BCUT2D eigenvalue weighted by molar-refractivity contribution is 8.18. The number of ether oxygens (including phenoxy) is 4. The Balaban J connectivity index is 1.71. The Kier molecular flexibility index (Phi) is 10.1. The van der Waals surface area contributed by atoms with Gasteiger partial charge in [-0.2, -0.15) is 18.4 Å². The summed E-state index contributed by atoms with van der Waals surface area (Å²) in [6, 6.07) is 8.99. The molecular weight excluding hydrogens is 527 g/mol. The molecule has 38 heavy (non-hydrogen) atoms. The van der Waals surface area contributed by atoms with E-state index in [0.717, 1.165) is 22.7 Å². The number of nitriles is 1. The van der Waals surface area contributed by atoms with E-state index >= 15 is 0 Å². The minimum absolute atomic E-state index is 0.0134. The lowest BCUT2D eigenvalue weighted by atomic mass is 10.1. The number of hydrogen-bond donors (Lipinski definition) is 1. The van der Waals surface area contributed by atoms with Crippen molar-refractivity contribution in [1.29, 1.82) is 5.26 Å². The summed E-state index contributed by atoms with van der Waals surface area (Å²) < 4.78 is 61.8. The largest absolute Gasteiger partial charge is 0.493 e. The van der Waals surface area contributed by atoms with Gasteiger partial charge in [0.1, 0.15) is 5.75 Å². The van der Waals surface area contributed by atoms with Gasteiger partial charge in [0.2, 0.25) is 0 Å². The Morgan fingerprint density at radius 1 is 1.03 bits per heavy atom. The maximum atomic E-state index is 13.5. The van der Waals surface area contributed by atoms with Gasteiger partial charge in [-0.25, -0.2) is 0 Å². The summed E-state index contributed by atoms with van der Waals surface area (Å²) in [5, 5.41) is 8.48. The average molecular weight is 552 g/mol. The van der Waals surface area contributed by atoms with Crippen molar-refractivity contribution < 1.29 is 41.7 Å². The average Bonchev–Trinajstić information content (AvgIpc) is 3.15. The molecule has 3 rings (SSSR count). The minimum Gasteiger partial charge on any atom is -0.493 e. The van der Waals surface area contributed by atoms with Crippen molar-refractivity contribution in [3.8, 4) is 23.3 Å². The van der Waals surface area contributed by atoms with E-state index < -0.39 is 28.6 Å². The van der Waals surface area contributed by atoms with E-state index in [9.17, 15) is 22.8 Å². The summed E-state index contributed by atoms with van der Waals surface area (Å²) in [7, 11) is 1.31. The van der Waals surface area contributed by atoms with Crippen LogP contribution in [0.4, 0.5) is 18.0 Å². The fraction of sp³-hybridized carbons (Fsp3) is 0.320. The van der Waals surface area contributed by atoms with E-state index in [1.54, 1.807) is 6.07 Å². The molecule has 0 spiro atoms. The number of carbonyl (C=O) groups excluding carboxylic acids is 2. The minimum atomic E-state index is -4.75. The Labute approximate surface area is 220 Å². The van der Waals surface area contributed by atoms with Crippen LogP contribution in [0.25, 0.3) is 6.08 Å². The van der Waals surface area contributed by atoms with Crippen LogP contribution in [0.15, 0.2) is 41.3 Å². The fourth-order valence-corrected chi connectivity index (χ4v) is 4.16. The Morgan fingerprint density at radius 3 is 2.39 bits per heavy atom. The van der Waals surface area contributed by atoms with Crippen molar-refractivity contribution in [2.24, 2.45) is 5.73 Å². The highest BCUT2D eigenvalue weighted by Crippen LogP contribution is 2.41. The first-order chi connectivity index (χ1) is 18.2. The number of thioether (sulfide) groups is 1. The van der Waals surface area contributed by atoms with Crippen molar-refractivity contribution in [2.45, 2.75) is 6.18 Å². The summed E-state index contributed by atoms with van der Waals surface area (Å²) in [4.78, 5) is 26.2. The number of methoxy groups -OCH3 is 1. The number of alkyl halides is 3. The standard InChI is InChI=1S/C25H24F3N3O6S/c1-34-21-13-16(2-5-20(21)37-19-4-3-17(15-30)12-18(19)25(26,27)28)14-22-23(32)31(24(33)38-22)7-9-36-11-10-35-8-6-29/h2-5,12-14H,6-11,29H2,1H3. The molecule has 0 aromatic heterocycles. The number of carbonyl (C=O) groups is 2. The van der Waals surface area contributed by atoms with Gasteiger partial charge in [0.25, 0.3) is 11.1 Å². The number of amides is 2. The second-order valence-electron chi connectivity index (χ2n) is 7.68. The molecule has 0 atom stereocenters. The molecule has 0 unspecified atom stereocenters. The first kappa shape index (κ1) is 29.0. The van der Waals surface area contributed by atoms with Crippen LogP contribution < -0.4 is 15.2 Å². The molecule has 2 aromatic carbocycles. The van der Waals surface area contributed by atoms with Gasteiger partial charge in [-0.3, -0.25) is 14.5 Å². The van der Waals surface area contributed by atoms with Crippen molar-refractivity contribution >= 4 is 29.0 Å². The van der Waals surface area contributed by atoms with E-state index in [1.807, 2.05) is 0 Å². The fourth-order valence-electron chi connectivity index (χ4n) is 3.29. The number of halogens is 3. The predicted molar refractivity (Wildman–Crippen MR) is 133 cm³/mol. The summed E-state index contributed by atoms with van der Waals surface area (Å²) in [6.45, 7) is 1.68. The number of rotatable bonds is 12. The molecule has 1 fully saturated rings. The van der Waals surface area contributed by atoms with Gasteiger partial charge in [0.15, 0.2) is 11.5 Å². The molecule has 0 aliphatic carbocycles. The van der Waals surface area contributed by atoms with Gasteiger partial charge < -0.3 is 24.7 Å². The third-order valence-electron chi connectivity index (χ3n) is 5.09. The van der Waals surface area contributed by atoms with Gasteiger partial charge in [-0.05, 0) is 53.7 Å². The van der Waals surface area contributed by atoms with Crippen molar-refractivity contribution in [1.82, 2.24) is 4.90 Å². The lowest BCUT2D eigenvalue weighted by Crippen LogP contribution is -2.31. The first-order valence-electron chi connectivity index (χ1n) is 11.3. The molecule has 1 aliphatic rings. The molecule has 1 heterocycles. The van der Waals surface area contributed by atoms with Gasteiger partial charge in [-0.1, -0.05) is 6.07 Å². The highest BCUT2D eigenvalue weighted by atomic mass is 32.2. The molecule has 0 saturated carbocycles. The monoisotopic (exact) mass is 551 g/mol. The molecule has 2 amide bonds. The molecule has 1 aliphatic heterocycles. The van der Waals surface area contributed by atoms with E-state index in [1.165, 1.54) is 37.5 Å². The predicted octanol–water partition coefficient (Wildman–Crippen LogP) is 4.41. The smallest absolute Gasteiger partial charge is 0.420 e. The zero-order valence-electron chi connectivity index (χ0n) is 20.2. The molecule has 0 bridgehead atoms. The summed E-state index contributed by atoms with van der Waals surface area (Å²) >= 11 is 0.761. The Bertz CT molecular complexity index is 1250. The molecule has 2 N–H and O–H groups in total. The normalized spacial score (nSPS) is 14.7. The molecule has 202 valence electrons. The van der Waals surface area contributed by atoms with E-state index in [4.69, 9.17) is 29.9 Å². The van der Waals surface area contributed by atoms with Crippen LogP contribution >= 0.6 is 11.8 Å². The number of hydrogen-bond acceptors (Lipinski definition) is 9. The zero-order valence-corrected chi connectivity index (χ0v) is 21.1. The van der Waals surface area contributed by atoms with E-state index in [0.29, 0.717) is 38.0 Å². The quantitative estimate of drug-likeness (QED) is 0.302. The molecule has 0 radical (unpaired) electrons. The molecule has 2 aromatic rings. The number of nitrogens with two attached hydrogens (primary N) is 1. The van der Waals surface area contributed by atoms with Crippen molar-refractivity contribution in [3.05, 3.63) is 58.0 Å². The molecule has 1 saturated heterocycles. The zero-order chi connectivity index (χ0) is 27.7. The number of imide groups is 1. The van der Waals surface area contributed by atoms with Gasteiger partial charge in [0, 0.05) is 6.54 Å². The SMILES string of the molecule is COc1cc(C=C2SC(=O)N(CCOCCOCCN)C2=O)ccc1Oc1ccc(C#N)cc1C(F)(F)F. The molecular formula is C25H24F3N3O6S. The molecule has 13 heteroatoms. The van der Waals surface area contributed by atoms with Crippen LogP contribution in [-0.4, -0.2) is 62.7 Å². The Hall–Kier alpha value is -3.57. The topological polar surface area (TPSA) is 124 Å². The van der Waals surface area contributed by atoms with E-state index in [2.05, 4.69) is 0 Å². The summed E-state index contributed by atoms with van der Waals surface area (Å²) in [5.74, 6) is -0.909. The summed E-state index contributed by atoms with van der Waals surface area (Å²) in [5.41, 5.74) is 4.51. The number of nitrogens with zero attached hydrogens (tertiary/aromatic N) is 2. The van der Waals surface area contributed by atoms with Gasteiger partial charge in [0.05, 0.1) is 62.2 Å². The lowest BCUT2D eigenvalue weighted by molar-refractivity contribution is -0.138. The van der Waals surface area contributed by atoms with Crippen LogP contribution in [0.3, 0.4) is 0 Å². The second-order valence-corrected chi connectivity index (χ2v) is 8.67. The van der Waals surface area contributed by atoms with Crippen LogP contribution in [0.1, 0.15) is 16.7 Å². The van der Waals surface area contributed by atoms with E-state index in [-0.39, 0.29) is 35.1 Å². The highest BCUT2D eigenvalue weighted by Gasteiger charge is 2.36. The third-order valence-corrected chi connectivity index (χ3v) is 5.99. The van der Waals surface area contributed by atoms with Crippen LogP contribution in [-0.2, 0) is 20.4 Å². The lowest BCUT2D eigenvalue weighted by Gasteiger charge is -2.16. The van der Waals surface area contributed by atoms with Crippen molar-refractivity contribution in [2.75, 3.05) is 46.6 Å². The molecule has 9 nitrogen and oxygen atoms in total. The summed E-state index contributed by atoms with van der Waals surface area (Å²) in [6.07, 6.45) is -3.27. The second kappa shape index (κ2) is 13.3. The maximum absolute atomic E-state index is 13.5. The maximum Gasteiger partial charge on any atom is 0.420 e. The van der Waals surface area contributed by atoms with Crippen LogP contribution in [0.5, 0.6) is 17.2 Å². The third kappa shape index (κ3) is 7.48. The van der Waals surface area contributed by atoms with Gasteiger partial charge in [-0.15, -0.1) is 0 Å². The van der Waals surface area contributed by atoms with Gasteiger partial charge >= 0.3 is 6.18 Å². The van der Waals surface area contributed by atoms with Crippen molar-refractivity contribution in [3.63, 3.8) is 0 Å². The Morgan fingerprint density at radius 2 is 1.74 bits per heavy atom. The van der Waals surface area contributed by atoms with Crippen LogP contribution in [0, 0.1) is 11.3 Å². The first-order valence-corrected chi connectivity index (χ1v) is 12.1. The van der Waals surface area contributed by atoms with Crippen LogP contribution in [0.2, 0.25) is 0 Å². The number of benzene rings is 2.